The predicted molar refractivity (Wildman–Crippen MR) is 88.6 cm³/mol. The van der Waals surface area contributed by atoms with Crippen LogP contribution < -0.4 is 51.4 Å². The van der Waals surface area contributed by atoms with Gasteiger partial charge in [-0.2, -0.15) is 0 Å². The van der Waals surface area contributed by atoms with E-state index in [0.29, 0.717) is 6.61 Å². The summed E-state index contributed by atoms with van der Waals surface area (Å²) in [6, 6.07) is 0. The molecule has 0 spiro atoms. The zero-order valence-electron chi connectivity index (χ0n) is 14.9. The zero-order chi connectivity index (χ0) is 14.0. The Morgan fingerprint density at radius 1 is 0.476 bits per heavy atom. The van der Waals surface area contributed by atoms with Crippen LogP contribution in [0.1, 0.15) is 110 Å². The number of unbranched alkanes of at least 4 members (excludes halogenated alkanes) is 15. The third-order valence-corrected chi connectivity index (χ3v) is 4.01. The first-order chi connectivity index (χ1) is 9.41. The van der Waals surface area contributed by atoms with Gasteiger partial charge in [0.15, 0.2) is 0 Å². The summed E-state index contributed by atoms with van der Waals surface area (Å²) >= 11 is 0. The van der Waals surface area contributed by atoms with Crippen LogP contribution in [0.5, 0.6) is 0 Å². The van der Waals surface area contributed by atoms with Crippen molar-refractivity contribution in [2.75, 3.05) is 6.61 Å². The normalized spacial score (nSPS) is 10.0. The molecule has 21 heavy (non-hydrogen) atoms. The van der Waals surface area contributed by atoms with Gasteiger partial charge in [-0.1, -0.05) is 103 Å². The van der Waals surface area contributed by atoms with E-state index < -0.39 is 0 Å². The van der Waals surface area contributed by atoms with Crippen molar-refractivity contribution in [2.45, 2.75) is 110 Å². The van der Waals surface area contributed by atoms with Gasteiger partial charge in [-0.15, -0.1) is 0 Å². The van der Waals surface area contributed by atoms with E-state index in [1.807, 2.05) is 0 Å². The van der Waals surface area contributed by atoms with Crippen LogP contribution in [0.4, 0.5) is 0 Å². The Labute approximate surface area is 176 Å². The van der Waals surface area contributed by atoms with Crippen molar-refractivity contribution in [2.24, 2.45) is 0 Å². The van der Waals surface area contributed by atoms with Crippen LogP contribution >= 0.6 is 0 Å². The summed E-state index contributed by atoms with van der Waals surface area (Å²) in [5, 5.41) is 8.67. The minimum absolute atomic E-state index is 0. The molecule has 0 heterocycles. The van der Waals surface area contributed by atoms with Gasteiger partial charge in [0, 0.05) is 6.61 Å². The number of hydrogen-bond donors (Lipinski definition) is 1. The number of hydrogen-bond acceptors (Lipinski definition) is 2. The fourth-order valence-corrected chi connectivity index (χ4v) is 2.66. The van der Waals surface area contributed by atoms with Crippen molar-refractivity contribution in [3.05, 3.63) is 0 Å². The smallest absolute Gasteiger partial charge is 0.870 e. The van der Waals surface area contributed by atoms with Gasteiger partial charge < -0.3 is 10.6 Å². The summed E-state index contributed by atoms with van der Waals surface area (Å²) in [6.07, 6.45) is 22.2. The number of aliphatic hydroxyl groups is 1. The Bertz CT molecular complexity index is 138. The minimum atomic E-state index is 0. The third kappa shape index (κ3) is 26.7. The second kappa shape index (κ2) is 26.5. The summed E-state index contributed by atoms with van der Waals surface area (Å²) in [6.45, 7) is 2.66. The molecule has 0 saturated carbocycles. The average molecular weight is 327 g/mol. The molecule has 0 aliphatic heterocycles. The fourth-order valence-electron chi connectivity index (χ4n) is 2.66. The summed E-state index contributed by atoms with van der Waals surface area (Å²) in [5.74, 6) is 0. The second-order valence-electron chi connectivity index (χ2n) is 6.03. The van der Waals surface area contributed by atoms with Gasteiger partial charge in [-0.05, 0) is 6.42 Å². The van der Waals surface area contributed by atoms with Crippen LogP contribution in [0.2, 0.25) is 0 Å². The van der Waals surface area contributed by atoms with Crippen LogP contribution in [-0.4, -0.2) is 17.2 Å². The third-order valence-electron chi connectivity index (χ3n) is 4.01. The van der Waals surface area contributed by atoms with Gasteiger partial charge in [-0.3, -0.25) is 0 Å². The van der Waals surface area contributed by atoms with E-state index in [-0.39, 0.29) is 56.9 Å². The van der Waals surface area contributed by atoms with E-state index in [1.165, 1.54) is 96.3 Å². The first kappa shape index (κ1) is 27.4. The average Bonchev–Trinajstić information content (AvgIpc) is 2.43. The van der Waals surface area contributed by atoms with Crippen molar-refractivity contribution in [3.8, 4) is 0 Å². The molecule has 0 aromatic carbocycles. The Morgan fingerprint density at radius 2 is 0.714 bits per heavy atom. The molecule has 3 heteroatoms. The van der Waals surface area contributed by atoms with E-state index in [1.54, 1.807) is 0 Å². The molecule has 0 bridgehead atoms. The quantitative estimate of drug-likeness (QED) is 0.350. The van der Waals surface area contributed by atoms with Gasteiger partial charge >= 0.3 is 51.4 Å². The SMILES string of the molecule is CCCCCCCCCCCCCCCCCCO.[K+].[OH-]. The minimum Gasteiger partial charge on any atom is -0.870 e. The molecule has 0 aliphatic rings. The van der Waals surface area contributed by atoms with Crippen LogP contribution in [-0.2, 0) is 0 Å². The van der Waals surface area contributed by atoms with E-state index in [0.717, 1.165) is 6.42 Å². The van der Waals surface area contributed by atoms with E-state index in [4.69, 9.17) is 5.11 Å². The molecule has 2 nitrogen and oxygen atoms in total. The number of aliphatic hydroxyl groups excluding tert-OH is 1. The van der Waals surface area contributed by atoms with Crippen molar-refractivity contribution in [1.82, 2.24) is 0 Å². The van der Waals surface area contributed by atoms with Crippen LogP contribution in [0.25, 0.3) is 0 Å². The Balaban J connectivity index is -0.00000162. The molecule has 124 valence electrons. The van der Waals surface area contributed by atoms with Crippen molar-refractivity contribution in [1.29, 1.82) is 0 Å². The summed E-state index contributed by atoms with van der Waals surface area (Å²) < 4.78 is 0. The monoisotopic (exact) mass is 326 g/mol. The molecule has 2 N–H and O–H groups in total. The van der Waals surface area contributed by atoms with E-state index in [2.05, 4.69) is 6.92 Å². The molecule has 0 aromatic heterocycles. The van der Waals surface area contributed by atoms with Crippen LogP contribution in [0.3, 0.4) is 0 Å². The van der Waals surface area contributed by atoms with Crippen LogP contribution in [0, 0.1) is 0 Å². The van der Waals surface area contributed by atoms with Gasteiger partial charge in [0.05, 0.1) is 0 Å². The zero-order valence-corrected chi connectivity index (χ0v) is 18.0. The topological polar surface area (TPSA) is 50.2 Å². The summed E-state index contributed by atoms with van der Waals surface area (Å²) in [4.78, 5) is 0. The molecule has 0 aliphatic carbocycles. The maximum atomic E-state index is 8.67. The van der Waals surface area contributed by atoms with Crippen LogP contribution in [0.15, 0.2) is 0 Å². The molecule has 0 saturated heterocycles. The Hall–Kier alpha value is 1.56. The molecule has 0 rings (SSSR count). The molecular weight excluding hydrogens is 287 g/mol. The molecule has 0 radical (unpaired) electrons. The van der Waals surface area contributed by atoms with Crippen molar-refractivity contribution < 1.29 is 62.0 Å². The largest absolute Gasteiger partial charge is 1.00 e. The Kier molecular flexibility index (Phi) is 34.5. The maximum absolute atomic E-state index is 8.67. The molecule has 0 atom stereocenters. The van der Waals surface area contributed by atoms with E-state index in [9.17, 15) is 0 Å². The number of rotatable bonds is 16. The first-order valence-electron chi connectivity index (χ1n) is 9.02. The first-order valence-corrected chi connectivity index (χ1v) is 9.02. The molecule has 0 fully saturated rings. The molecule has 0 amide bonds. The van der Waals surface area contributed by atoms with Crippen molar-refractivity contribution >= 4 is 0 Å². The predicted octanol–water partition coefficient (Wildman–Crippen LogP) is 3.07. The van der Waals surface area contributed by atoms with Gasteiger partial charge in [-0.25, -0.2) is 0 Å². The maximum Gasteiger partial charge on any atom is 1.00 e. The van der Waals surface area contributed by atoms with Crippen molar-refractivity contribution in [3.63, 3.8) is 0 Å². The second-order valence-corrected chi connectivity index (χ2v) is 6.03. The summed E-state index contributed by atoms with van der Waals surface area (Å²) in [5.41, 5.74) is 0. The van der Waals surface area contributed by atoms with E-state index >= 15 is 0 Å². The standard InChI is InChI=1S/C18H38O.K.H2O/c1-2-3-4-5-6-7-8-9-10-11-12-13-14-15-16-17-18-19;;/h19H,2-18H2,1H3;;1H2/q;+1;/p-1. The van der Waals surface area contributed by atoms with Gasteiger partial charge in [0.1, 0.15) is 0 Å². The molecule has 0 aromatic rings. The summed E-state index contributed by atoms with van der Waals surface area (Å²) in [7, 11) is 0. The molecular formula is C18H39KO2. The molecule has 0 unspecified atom stereocenters. The fraction of sp³-hybridized carbons (Fsp3) is 1.00. The van der Waals surface area contributed by atoms with Gasteiger partial charge in [0.25, 0.3) is 0 Å². The van der Waals surface area contributed by atoms with Gasteiger partial charge in [0.2, 0.25) is 0 Å². The Morgan fingerprint density at radius 3 is 0.952 bits per heavy atom.